The van der Waals surface area contributed by atoms with Crippen LogP contribution in [-0.4, -0.2) is 23.0 Å². The highest BCUT2D eigenvalue weighted by molar-refractivity contribution is 9.09. The van der Waals surface area contributed by atoms with Crippen LogP contribution in [-0.2, 0) is 0 Å². The first-order valence-electron chi connectivity index (χ1n) is 7.49. The van der Waals surface area contributed by atoms with E-state index in [0.29, 0.717) is 0 Å². The fraction of sp³-hybridized carbons (Fsp3) is 1.00. The van der Waals surface area contributed by atoms with Crippen molar-refractivity contribution in [2.45, 2.75) is 64.2 Å². The smallest absolute Gasteiger partial charge is 0.00454 e. The average molecular weight is 325 g/mol. The van der Waals surface area contributed by atoms with Crippen LogP contribution in [0.5, 0.6) is 0 Å². The predicted molar refractivity (Wildman–Crippen MR) is 96.0 cm³/mol. The molecule has 18 heavy (non-hydrogen) atoms. The van der Waals surface area contributed by atoms with E-state index in [1.165, 1.54) is 87.2 Å². The fourth-order valence-corrected chi connectivity index (χ4v) is 7.02. The molecule has 0 aromatic heterocycles. The van der Waals surface area contributed by atoms with Crippen molar-refractivity contribution < 1.29 is 0 Å². The van der Waals surface area contributed by atoms with Gasteiger partial charge in [-0.1, -0.05) is 60.1 Å². The van der Waals surface area contributed by atoms with Crippen LogP contribution in [0.1, 0.15) is 64.2 Å². The van der Waals surface area contributed by atoms with Crippen LogP contribution in [0, 0.1) is 0 Å². The van der Waals surface area contributed by atoms with Crippen LogP contribution in [0.15, 0.2) is 0 Å². The molecule has 0 N–H and O–H groups in total. The molecule has 0 amide bonds. The van der Waals surface area contributed by atoms with Gasteiger partial charge in [0, 0.05) is 11.5 Å². The third kappa shape index (κ3) is 12.4. The molecule has 0 unspecified atom stereocenters. The van der Waals surface area contributed by atoms with Crippen molar-refractivity contribution in [2.75, 3.05) is 23.0 Å². The van der Waals surface area contributed by atoms with Gasteiger partial charge in [0.1, 0.15) is 0 Å². The van der Waals surface area contributed by atoms with Crippen molar-refractivity contribution in [3.63, 3.8) is 0 Å². The molecule has 1 aliphatic heterocycles. The van der Waals surface area contributed by atoms with Gasteiger partial charge in [0.15, 0.2) is 0 Å². The lowest BCUT2D eigenvalue weighted by Gasteiger charge is -2.05. The molecule has 0 radical (unpaired) electrons. The minimum atomic E-state index is 1.35. The van der Waals surface area contributed by atoms with Gasteiger partial charge in [0.05, 0.1) is 0 Å². The second kappa shape index (κ2) is 14.8. The molecule has 0 aromatic rings. The van der Waals surface area contributed by atoms with Gasteiger partial charge in [-0.25, -0.2) is 0 Å². The highest BCUT2D eigenvalue weighted by Gasteiger charge is 1.97. The molecule has 1 fully saturated rings. The maximum absolute atomic E-state index is 2.18. The van der Waals surface area contributed by atoms with Crippen LogP contribution < -0.4 is 0 Å². The SMILES string of the molecule is C1CCCCCSSSCCCCSCCCC1. The van der Waals surface area contributed by atoms with Gasteiger partial charge in [0.2, 0.25) is 0 Å². The van der Waals surface area contributed by atoms with Crippen molar-refractivity contribution in [1.29, 1.82) is 0 Å². The Morgan fingerprint density at radius 1 is 0.389 bits per heavy atom. The van der Waals surface area contributed by atoms with Crippen molar-refractivity contribution in [2.24, 2.45) is 0 Å². The Morgan fingerprint density at radius 2 is 0.778 bits per heavy atom. The zero-order valence-electron chi connectivity index (χ0n) is 11.5. The monoisotopic (exact) mass is 324 g/mol. The van der Waals surface area contributed by atoms with E-state index in [1.807, 2.05) is 9.83 Å². The molecule has 0 aromatic carbocycles. The third-order valence-corrected chi connectivity index (χ3v) is 8.70. The van der Waals surface area contributed by atoms with Gasteiger partial charge in [-0.05, 0) is 47.0 Å². The second-order valence-electron chi connectivity index (χ2n) is 4.86. The molecule has 0 spiro atoms. The van der Waals surface area contributed by atoms with Crippen molar-refractivity contribution in [1.82, 2.24) is 0 Å². The largest absolute Gasteiger partial charge is 0.162 e. The Labute approximate surface area is 130 Å². The van der Waals surface area contributed by atoms with Gasteiger partial charge < -0.3 is 0 Å². The highest BCUT2D eigenvalue weighted by Crippen LogP contribution is 2.35. The lowest BCUT2D eigenvalue weighted by Crippen LogP contribution is -1.87. The van der Waals surface area contributed by atoms with Crippen LogP contribution >= 0.6 is 43.2 Å². The summed E-state index contributed by atoms with van der Waals surface area (Å²) >= 11 is 2.18. The first-order valence-corrected chi connectivity index (χ1v) is 12.5. The lowest BCUT2D eigenvalue weighted by molar-refractivity contribution is 0.588. The van der Waals surface area contributed by atoms with E-state index >= 15 is 0 Å². The Kier molecular flexibility index (Phi) is 14.4. The van der Waals surface area contributed by atoms with E-state index in [4.69, 9.17) is 0 Å². The van der Waals surface area contributed by atoms with Crippen molar-refractivity contribution in [3.8, 4) is 0 Å². The van der Waals surface area contributed by atoms with Gasteiger partial charge in [-0.2, -0.15) is 11.8 Å². The summed E-state index contributed by atoms with van der Waals surface area (Å²) in [6, 6.07) is 0. The third-order valence-electron chi connectivity index (χ3n) is 3.13. The number of thioether (sulfide) groups is 1. The van der Waals surface area contributed by atoms with Gasteiger partial charge >= 0.3 is 0 Å². The molecule has 1 rings (SSSR count). The van der Waals surface area contributed by atoms with Crippen LogP contribution in [0.4, 0.5) is 0 Å². The fourth-order valence-electron chi connectivity index (χ4n) is 2.00. The van der Waals surface area contributed by atoms with Crippen LogP contribution in [0.3, 0.4) is 0 Å². The number of hydrogen-bond acceptors (Lipinski definition) is 4. The van der Waals surface area contributed by atoms with Crippen molar-refractivity contribution in [3.05, 3.63) is 0 Å². The summed E-state index contributed by atoms with van der Waals surface area (Å²) < 4.78 is 0. The topological polar surface area (TPSA) is 0 Å². The summed E-state index contributed by atoms with van der Waals surface area (Å²) in [6.07, 6.45) is 14.5. The molecule has 0 saturated carbocycles. The summed E-state index contributed by atoms with van der Waals surface area (Å²) in [5.74, 6) is 5.49. The van der Waals surface area contributed by atoms with E-state index in [-0.39, 0.29) is 0 Å². The maximum atomic E-state index is 2.18. The molecular weight excluding hydrogens is 296 g/mol. The molecule has 1 heterocycles. The summed E-state index contributed by atoms with van der Waals surface area (Å²) in [6.45, 7) is 0. The molecule has 0 atom stereocenters. The molecule has 1 saturated heterocycles. The molecule has 0 aliphatic carbocycles. The van der Waals surface area contributed by atoms with E-state index in [1.54, 1.807) is 0 Å². The Bertz CT molecular complexity index is 88.8. The lowest BCUT2D eigenvalue weighted by atomic mass is 10.1. The number of rotatable bonds is 0. The van der Waals surface area contributed by atoms with Crippen LogP contribution in [0.25, 0.3) is 0 Å². The first-order chi connectivity index (χ1) is 9.00. The molecule has 108 valence electrons. The van der Waals surface area contributed by atoms with Gasteiger partial charge in [-0.3, -0.25) is 0 Å². The predicted octanol–water partition coefficient (Wildman–Crippen LogP) is 6.66. The van der Waals surface area contributed by atoms with E-state index in [0.717, 1.165) is 0 Å². The standard InChI is InChI=1S/C14H28S4/c1-2-4-6-8-13-16-18-17-14-10-9-12-15-11-7-5-3-1/h1-14H2. The number of hydrogen-bond donors (Lipinski definition) is 0. The van der Waals surface area contributed by atoms with Crippen LogP contribution in [0.2, 0.25) is 0 Å². The molecule has 4 heteroatoms. The Balaban J connectivity index is 2.00. The Morgan fingerprint density at radius 3 is 1.39 bits per heavy atom. The molecule has 1 aliphatic rings. The summed E-state index contributed by atoms with van der Waals surface area (Å²) in [4.78, 5) is 0. The minimum Gasteiger partial charge on any atom is -0.162 e. The summed E-state index contributed by atoms with van der Waals surface area (Å²) in [5, 5.41) is 0. The first kappa shape index (κ1) is 17.5. The zero-order chi connectivity index (χ0) is 12.7. The van der Waals surface area contributed by atoms with Crippen molar-refractivity contribution >= 4 is 43.2 Å². The Hall–Kier alpha value is 1.40. The molecule has 0 nitrogen and oxygen atoms in total. The maximum Gasteiger partial charge on any atom is 0.00454 e. The van der Waals surface area contributed by atoms with Gasteiger partial charge in [-0.15, -0.1) is 0 Å². The summed E-state index contributed by atoms with van der Waals surface area (Å²) in [7, 11) is 6.16. The second-order valence-corrected chi connectivity index (χ2v) is 10.6. The zero-order valence-corrected chi connectivity index (χ0v) is 14.8. The van der Waals surface area contributed by atoms with E-state index in [9.17, 15) is 0 Å². The normalized spacial score (nSPS) is 24.0. The quantitative estimate of drug-likeness (QED) is 0.456. The molecular formula is C14H28S4. The minimum absolute atomic E-state index is 1.35. The van der Waals surface area contributed by atoms with E-state index in [2.05, 4.69) is 33.3 Å². The summed E-state index contributed by atoms with van der Waals surface area (Å²) in [5.41, 5.74) is 0. The molecule has 0 bridgehead atoms. The van der Waals surface area contributed by atoms with E-state index < -0.39 is 0 Å². The average Bonchev–Trinajstić information content (AvgIpc) is 2.39. The highest BCUT2D eigenvalue weighted by atomic mass is 33.5. The van der Waals surface area contributed by atoms with Gasteiger partial charge in [0.25, 0.3) is 0 Å².